The Kier molecular flexibility index (Phi) is 3.67. The number of allylic oxidation sites excluding steroid dienone is 1. The number of Topliss-reactive ketones (excluding diaryl/α,β-unsaturated/α-hetero) is 1. The number of aliphatic hydroxyl groups is 1. The van der Waals surface area contributed by atoms with Crippen molar-refractivity contribution in [3.63, 3.8) is 0 Å². The Morgan fingerprint density at radius 3 is 2.92 bits per heavy atom. The number of hydrogen-bond donors (Lipinski definition) is 1. The first-order valence-electron chi connectivity index (χ1n) is 4.94. The van der Waals surface area contributed by atoms with Crippen molar-refractivity contribution in [3.8, 4) is 0 Å². The third-order valence-corrected chi connectivity index (χ3v) is 3.01. The maximum Gasteiger partial charge on any atom is 0.132 e. The molecule has 74 valence electrons. The van der Waals surface area contributed by atoms with E-state index in [2.05, 4.69) is 6.58 Å². The fraction of sp³-hybridized carbons (Fsp3) is 0.727. The number of hydrogen-bond acceptors (Lipinski definition) is 2. The molecule has 0 aromatic rings. The van der Waals surface area contributed by atoms with E-state index in [1.54, 1.807) is 6.92 Å². The Labute approximate surface area is 79.6 Å². The van der Waals surface area contributed by atoms with E-state index < -0.39 is 0 Å². The average Bonchev–Trinajstić information content (AvgIpc) is 2.08. The standard InChI is InChI=1S/C11H18O2/c1-8-3-4-11(9(2)13)7-10(8)5-6-12/h10-12H,1,3-7H2,2H3/t10-,11+/m0/s1. The predicted octanol–water partition coefficient (Wildman–Crippen LogP) is 1.93. The highest BCUT2D eigenvalue weighted by atomic mass is 16.3. The molecule has 1 fully saturated rings. The zero-order chi connectivity index (χ0) is 9.84. The van der Waals surface area contributed by atoms with Crippen molar-refractivity contribution in [1.29, 1.82) is 0 Å². The second-order valence-electron chi connectivity index (χ2n) is 3.95. The van der Waals surface area contributed by atoms with Gasteiger partial charge in [0.25, 0.3) is 0 Å². The maximum absolute atomic E-state index is 11.2. The molecule has 0 aromatic carbocycles. The van der Waals surface area contributed by atoms with Gasteiger partial charge in [0.05, 0.1) is 0 Å². The molecular weight excluding hydrogens is 164 g/mol. The summed E-state index contributed by atoms with van der Waals surface area (Å²) in [4.78, 5) is 11.2. The SMILES string of the molecule is C=C1CC[C@@H](C(C)=O)C[C@@H]1CCO. The van der Waals surface area contributed by atoms with Crippen LogP contribution in [0.1, 0.15) is 32.6 Å². The van der Waals surface area contributed by atoms with E-state index in [-0.39, 0.29) is 18.3 Å². The lowest BCUT2D eigenvalue weighted by Crippen LogP contribution is -2.23. The molecule has 1 aliphatic rings. The Balaban J connectivity index is 2.52. The molecule has 2 atom stereocenters. The van der Waals surface area contributed by atoms with Crippen molar-refractivity contribution in [2.45, 2.75) is 32.6 Å². The van der Waals surface area contributed by atoms with Gasteiger partial charge in [0.2, 0.25) is 0 Å². The van der Waals surface area contributed by atoms with Gasteiger partial charge in [0.1, 0.15) is 5.78 Å². The first-order chi connectivity index (χ1) is 6.15. The molecule has 1 saturated carbocycles. The number of aliphatic hydroxyl groups excluding tert-OH is 1. The summed E-state index contributed by atoms with van der Waals surface area (Å²) in [5.74, 6) is 0.866. The van der Waals surface area contributed by atoms with Gasteiger partial charge < -0.3 is 5.11 Å². The number of rotatable bonds is 3. The number of carbonyl (C=O) groups is 1. The third-order valence-electron chi connectivity index (χ3n) is 3.01. The van der Waals surface area contributed by atoms with Gasteiger partial charge in [-0.15, -0.1) is 0 Å². The molecule has 1 rings (SSSR count). The second kappa shape index (κ2) is 4.56. The fourth-order valence-electron chi connectivity index (χ4n) is 2.04. The minimum Gasteiger partial charge on any atom is -0.396 e. The van der Waals surface area contributed by atoms with Crippen LogP contribution in [0.3, 0.4) is 0 Å². The monoisotopic (exact) mass is 182 g/mol. The number of carbonyl (C=O) groups excluding carboxylic acids is 1. The van der Waals surface area contributed by atoms with Gasteiger partial charge in [-0.05, 0) is 38.5 Å². The van der Waals surface area contributed by atoms with Crippen LogP contribution in [0.15, 0.2) is 12.2 Å². The minimum absolute atomic E-state index is 0.203. The molecule has 1 aliphatic carbocycles. The normalized spacial score (nSPS) is 28.9. The van der Waals surface area contributed by atoms with Crippen LogP contribution in [0.25, 0.3) is 0 Å². The highest BCUT2D eigenvalue weighted by Gasteiger charge is 2.26. The van der Waals surface area contributed by atoms with E-state index in [0.717, 1.165) is 25.7 Å². The van der Waals surface area contributed by atoms with Crippen molar-refractivity contribution in [2.75, 3.05) is 6.61 Å². The van der Waals surface area contributed by atoms with Crippen molar-refractivity contribution >= 4 is 5.78 Å². The van der Waals surface area contributed by atoms with Crippen LogP contribution in [-0.4, -0.2) is 17.5 Å². The first-order valence-corrected chi connectivity index (χ1v) is 4.94. The zero-order valence-electron chi connectivity index (χ0n) is 8.25. The summed E-state index contributed by atoms with van der Waals surface area (Å²) in [6.07, 6.45) is 3.57. The molecule has 2 nitrogen and oxygen atoms in total. The lowest BCUT2D eigenvalue weighted by atomic mass is 9.76. The number of ketones is 1. The molecule has 0 saturated heterocycles. The van der Waals surface area contributed by atoms with Crippen molar-refractivity contribution < 1.29 is 9.90 Å². The van der Waals surface area contributed by atoms with E-state index in [9.17, 15) is 4.79 Å². The predicted molar refractivity (Wildman–Crippen MR) is 52.4 cm³/mol. The molecule has 0 aromatic heterocycles. The first kappa shape index (κ1) is 10.5. The zero-order valence-corrected chi connectivity index (χ0v) is 8.25. The van der Waals surface area contributed by atoms with Crippen LogP contribution in [-0.2, 0) is 4.79 Å². The van der Waals surface area contributed by atoms with Gasteiger partial charge in [0, 0.05) is 12.5 Å². The van der Waals surface area contributed by atoms with E-state index in [1.165, 1.54) is 5.57 Å². The minimum atomic E-state index is 0.203. The van der Waals surface area contributed by atoms with Gasteiger partial charge in [-0.3, -0.25) is 4.79 Å². The maximum atomic E-state index is 11.2. The lowest BCUT2D eigenvalue weighted by molar-refractivity contribution is -0.121. The van der Waals surface area contributed by atoms with Crippen LogP contribution in [0.2, 0.25) is 0 Å². The van der Waals surface area contributed by atoms with Gasteiger partial charge in [0.15, 0.2) is 0 Å². The lowest BCUT2D eigenvalue weighted by Gasteiger charge is -2.29. The summed E-state index contributed by atoms with van der Waals surface area (Å²) >= 11 is 0. The highest BCUT2D eigenvalue weighted by molar-refractivity contribution is 5.78. The Morgan fingerprint density at radius 1 is 1.69 bits per heavy atom. The average molecular weight is 182 g/mol. The van der Waals surface area contributed by atoms with Crippen molar-refractivity contribution in [2.24, 2.45) is 11.8 Å². The van der Waals surface area contributed by atoms with E-state index in [1.807, 2.05) is 0 Å². The molecule has 2 heteroatoms. The van der Waals surface area contributed by atoms with E-state index in [0.29, 0.717) is 5.92 Å². The van der Waals surface area contributed by atoms with Gasteiger partial charge in [-0.1, -0.05) is 12.2 Å². The molecule has 0 aliphatic heterocycles. The third kappa shape index (κ3) is 2.66. The molecule has 0 radical (unpaired) electrons. The summed E-state index contributed by atoms with van der Waals surface area (Å²) in [5.41, 5.74) is 1.21. The van der Waals surface area contributed by atoms with Crippen LogP contribution >= 0.6 is 0 Å². The quantitative estimate of drug-likeness (QED) is 0.677. The Hall–Kier alpha value is -0.630. The largest absolute Gasteiger partial charge is 0.396 e. The van der Waals surface area contributed by atoms with Crippen LogP contribution in [0.4, 0.5) is 0 Å². The molecule has 13 heavy (non-hydrogen) atoms. The molecule has 0 heterocycles. The topological polar surface area (TPSA) is 37.3 Å². The molecule has 0 unspecified atom stereocenters. The van der Waals surface area contributed by atoms with Gasteiger partial charge in [-0.2, -0.15) is 0 Å². The van der Waals surface area contributed by atoms with Crippen LogP contribution in [0.5, 0.6) is 0 Å². The van der Waals surface area contributed by atoms with Crippen molar-refractivity contribution in [1.82, 2.24) is 0 Å². The summed E-state index contributed by atoms with van der Waals surface area (Å²) in [5, 5.41) is 8.84. The molecular formula is C11H18O2. The summed E-state index contributed by atoms with van der Waals surface area (Å²) < 4.78 is 0. The molecule has 1 N–H and O–H groups in total. The Bertz CT molecular complexity index is 208. The second-order valence-corrected chi connectivity index (χ2v) is 3.95. The molecule has 0 spiro atoms. The van der Waals surface area contributed by atoms with Crippen molar-refractivity contribution in [3.05, 3.63) is 12.2 Å². The fourth-order valence-corrected chi connectivity index (χ4v) is 2.04. The smallest absolute Gasteiger partial charge is 0.132 e. The van der Waals surface area contributed by atoms with E-state index >= 15 is 0 Å². The van der Waals surface area contributed by atoms with Crippen LogP contribution < -0.4 is 0 Å². The molecule has 0 amide bonds. The Morgan fingerprint density at radius 2 is 2.38 bits per heavy atom. The van der Waals surface area contributed by atoms with Crippen LogP contribution in [0, 0.1) is 11.8 Å². The van der Waals surface area contributed by atoms with E-state index in [4.69, 9.17) is 5.11 Å². The summed E-state index contributed by atoms with van der Waals surface area (Å²) in [6.45, 7) is 5.85. The molecule has 0 bridgehead atoms. The highest BCUT2D eigenvalue weighted by Crippen LogP contribution is 2.34. The summed E-state index contributed by atoms with van der Waals surface area (Å²) in [6, 6.07) is 0. The summed E-state index contributed by atoms with van der Waals surface area (Å²) in [7, 11) is 0. The van der Waals surface area contributed by atoms with Gasteiger partial charge in [-0.25, -0.2) is 0 Å². The van der Waals surface area contributed by atoms with Gasteiger partial charge >= 0.3 is 0 Å².